The summed E-state index contributed by atoms with van der Waals surface area (Å²) in [6, 6.07) is 6.25. The van der Waals surface area contributed by atoms with Crippen molar-refractivity contribution in [2.75, 3.05) is 6.54 Å². The first-order valence-corrected chi connectivity index (χ1v) is 8.52. The highest BCUT2D eigenvalue weighted by Gasteiger charge is 2.25. The van der Waals surface area contributed by atoms with E-state index >= 15 is 0 Å². The van der Waals surface area contributed by atoms with E-state index < -0.39 is 10.0 Å². The predicted octanol–water partition coefficient (Wildman–Crippen LogP) is 0.494. The van der Waals surface area contributed by atoms with Crippen molar-refractivity contribution in [1.29, 1.82) is 0 Å². The molecule has 3 rings (SSSR count). The summed E-state index contributed by atoms with van der Waals surface area (Å²) in [6.07, 6.45) is 4.98. The molecule has 22 heavy (non-hydrogen) atoms. The van der Waals surface area contributed by atoms with E-state index in [1.165, 1.54) is 29.2 Å². The number of rotatable bonds is 6. The van der Waals surface area contributed by atoms with Gasteiger partial charge in [-0.25, -0.2) is 17.8 Å². The molecule has 2 aromatic heterocycles. The van der Waals surface area contributed by atoms with Crippen molar-refractivity contribution in [3.05, 3.63) is 52.7 Å². The summed E-state index contributed by atoms with van der Waals surface area (Å²) in [7, 11) is -3.61. The Balaban J connectivity index is 1.66. The van der Waals surface area contributed by atoms with Gasteiger partial charge in [0.05, 0.1) is 12.2 Å². The van der Waals surface area contributed by atoms with Gasteiger partial charge in [0.1, 0.15) is 4.90 Å². The van der Waals surface area contributed by atoms with Gasteiger partial charge in [0.2, 0.25) is 10.0 Å². The largest absolute Gasteiger partial charge is 0.268 e. The normalized spacial score (nSPS) is 14.9. The molecular weight excluding hydrogens is 304 g/mol. The van der Waals surface area contributed by atoms with Crippen LogP contribution in [0.25, 0.3) is 0 Å². The Morgan fingerprint density at radius 2 is 2.09 bits per heavy atom. The molecule has 7 nitrogen and oxygen atoms in total. The lowest BCUT2D eigenvalue weighted by atomic mass is 10.3. The third-order valence-electron chi connectivity index (χ3n) is 3.44. The fourth-order valence-electron chi connectivity index (χ4n) is 2.10. The lowest BCUT2D eigenvalue weighted by Crippen LogP contribution is -2.32. The SMILES string of the molecule is O=c1ccc(C2CC2)nn1CCNS(=O)(=O)c1cccnc1. The number of hydrogen-bond acceptors (Lipinski definition) is 5. The highest BCUT2D eigenvalue weighted by molar-refractivity contribution is 7.89. The molecule has 0 spiro atoms. The zero-order valence-corrected chi connectivity index (χ0v) is 12.7. The van der Waals surface area contributed by atoms with Gasteiger partial charge in [0, 0.05) is 30.9 Å². The minimum Gasteiger partial charge on any atom is -0.268 e. The molecule has 0 bridgehead atoms. The van der Waals surface area contributed by atoms with E-state index in [4.69, 9.17) is 0 Å². The second-order valence-electron chi connectivity index (χ2n) is 5.18. The second-order valence-corrected chi connectivity index (χ2v) is 6.95. The van der Waals surface area contributed by atoms with Gasteiger partial charge >= 0.3 is 0 Å². The van der Waals surface area contributed by atoms with E-state index in [2.05, 4.69) is 14.8 Å². The highest BCUT2D eigenvalue weighted by Crippen LogP contribution is 2.38. The van der Waals surface area contributed by atoms with Gasteiger partial charge in [-0.05, 0) is 31.0 Å². The van der Waals surface area contributed by atoms with Crippen LogP contribution in [0.4, 0.5) is 0 Å². The van der Waals surface area contributed by atoms with Crippen molar-refractivity contribution in [2.24, 2.45) is 0 Å². The van der Waals surface area contributed by atoms with Gasteiger partial charge in [-0.15, -0.1) is 0 Å². The van der Waals surface area contributed by atoms with Crippen LogP contribution >= 0.6 is 0 Å². The van der Waals surface area contributed by atoms with Crippen LogP contribution in [0, 0.1) is 0 Å². The molecule has 1 N–H and O–H groups in total. The van der Waals surface area contributed by atoms with Gasteiger partial charge < -0.3 is 0 Å². The maximum Gasteiger partial charge on any atom is 0.266 e. The molecule has 0 atom stereocenters. The molecule has 2 aromatic rings. The second kappa shape index (κ2) is 5.98. The Morgan fingerprint density at radius 1 is 1.27 bits per heavy atom. The molecule has 0 aromatic carbocycles. The van der Waals surface area contributed by atoms with Crippen molar-refractivity contribution < 1.29 is 8.42 Å². The topological polar surface area (TPSA) is 94.0 Å². The van der Waals surface area contributed by atoms with Gasteiger partial charge in [-0.2, -0.15) is 5.10 Å². The van der Waals surface area contributed by atoms with Crippen molar-refractivity contribution in [3.8, 4) is 0 Å². The van der Waals surface area contributed by atoms with E-state index in [0.29, 0.717) is 5.92 Å². The molecule has 2 heterocycles. The molecule has 116 valence electrons. The first kappa shape index (κ1) is 14.9. The Kier molecular flexibility index (Phi) is 4.04. The van der Waals surface area contributed by atoms with E-state index in [0.717, 1.165) is 18.5 Å². The minimum absolute atomic E-state index is 0.0955. The van der Waals surface area contributed by atoms with E-state index in [-0.39, 0.29) is 23.5 Å². The maximum absolute atomic E-state index is 12.0. The van der Waals surface area contributed by atoms with Crippen LogP contribution in [-0.2, 0) is 16.6 Å². The average Bonchev–Trinajstić information content (AvgIpc) is 3.35. The Hall–Kier alpha value is -2.06. The molecule has 8 heteroatoms. The molecule has 1 aliphatic rings. The van der Waals surface area contributed by atoms with Crippen LogP contribution < -0.4 is 10.3 Å². The highest BCUT2D eigenvalue weighted by atomic mass is 32.2. The van der Waals surface area contributed by atoms with Crippen LogP contribution in [-0.4, -0.2) is 29.7 Å². The third-order valence-corrected chi connectivity index (χ3v) is 4.89. The first-order valence-electron chi connectivity index (χ1n) is 7.04. The summed E-state index contributed by atoms with van der Waals surface area (Å²) < 4.78 is 27.8. The fourth-order valence-corrected chi connectivity index (χ4v) is 3.08. The number of aromatic nitrogens is 3. The summed E-state index contributed by atoms with van der Waals surface area (Å²) >= 11 is 0. The summed E-state index contributed by atoms with van der Waals surface area (Å²) in [4.78, 5) is 15.6. The Morgan fingerprint density at radius 3 is 2.77 bits per heavy atom. The molecule has 1 fully saturated rings. The van der Waals surface area contributed by atoms with E-state index in [1.807, 2.05) is 0 Å². The summed E-state index contributed by atoms with van der Waals surface area (Å²) in [5.41, 5.74) is 0.666. The third kappa shape index (κ3) is 3.40. The van der Waals surface area contributed by atoms with Gasteiger partial charge in [-0.3, -0.25) is 9.78 Å². The number of sulfonamides is 1. The van der Waals surface area contributed by atoms with Crippen molar-refractivity contribution >= 4 is 10.0 Å². The molecule has 0 amide bonds. The van der Waals surface area contributed by atoms with Gasteiger partial charge in [-0.1, -0.05) is 0 Å². The Labute approximate surface area is 128 Å². The van der Waals surface area contributed by atoms with Crippen LogP contribution in [0.3, 0.4) is 0 Å². The molecule has 0 aliphatic heterocycles. The van der Waals surface area contributed by atoms with Crippen molar-refractivity contribution in [2.45, 2.75) is 30.2 Å². The van der Waals surface area contributed by atoms with Crippen LogP contribution in [0.15, 0.2) is 46.3 Å². The standard InChI is InChI=1S/C14H16N4O3S/c19-14-6-5-13(11-3-4-11)17-18(14)9-8-16-22(20,21)12-2-1-7-15-10-12/h1-2,5-7,10-11,16H,3-4,8-9H2. The number of pyridine rings is 1. The quantitative estimate of drug-likeness (QED) is 0.836. The lowest BCUT2D eigenvalue weighted by molar-refractivity contribution is 0.540. The molecule has 0 saturated heterocycles. The molecule has 0 radical (unpaired) electrons. The van der Waals surface area contributed by atoms with Crippen LogP contribution in [0.1, 0.15) is 24.5 Å². The summed E-state index contributed by atoms with van der Waals surface area (Å²) in [6.45, 7) is 0.289. The molecule has 1 saturated carbocycles. The molecule has 0 unspecified atom stereocenters. The van der Waals surface area contributed by atoms with E-state index in [9.17, 15) is 13.2 Å². The van der Waals surface area contributed by atoms with Crippen molar-refractivity contribution in [1.82, 2.24) is 19.5 Å². The number of hydrogen-bond donors (Lipinski definition) is 1. The van der Waals surface area contributed by atoms with Crippen molar-refractivity contribution in [3.63, 3.8) is 0 Å². The van der Waals surface area contributed by atoms with Gasteiger partial charge in [0.15, 0.2) is 0 Å². The number of nitrogens with one attached hydrogen (secondary N) is 1. The van der Waals surface area contributed by atoms with Gasteiger partial charge in [0.25, 0.3) is 5.56 Å². The monoisotopic (exact) mass is 320 g/mol. The predicted molar refractivity (Wildman–Crippen MR) is 79.9 cm³/mol. The maximum atomic E-state index is 12.0. The average molecular weight is 320 g/mol. The Bertz CT molecular complexity index is 813. The smallest absolute Gasteiger partial charge is 0.266 e. The lowest BCUT2D eigenvalue weighted by Gasteiger charge is -2.08. The molecule has 1 aliphatic carbocycles. The van der Waals surface area contributed by atoms with Crippen LogP contribution in [0.2, 0.25) is 0 Å². The zero-order valence-electron chi connectivity index (χ0n) is 11.8. The number of nitrogens with zero attached hydrogens (tertiary/aromatic N) is 3. The minimum atomic E-state index is -3.61. The summed E-state index contributed by atoms with van der Waals surface area (Å²) in [5.74, 6) is 0.443. The fraction of sp³-hybridized carbons (Fsp3) is 0.357. The van der Waals surface area contributed by atoms with E-state index in [1.54, 1.807) is 12.1 Å². The first-order chi connectivity index (χ1) is 10.6. The van der Waals surface area contributed by atoms with Crippen LogP contribution in [0.5, 0.6) is 0 Å². The molecular formula is C14H16N4O3S. The summed E-state index contributed by atoms with van der Waals surface area (Å²) in [5, 5.41) is 4.28. The zero-order chi connectivity index (χ0) is 15.6.